The summed E-state index contributed by atoms with van der Waals surface area (Å²) in [5, 5.41) is 10.6. The number of hydrogen-bond acceptors (Lipinski definition) is 2. The quantitative estimate of drug-likeness (QED) is 0.944. The van der Waals surface area contributed by atoms with Crippen LogP contribution in [-0.2, 0) is 0 Å². The standard InChI is InChI=1S/C19H21NO2/c21-18(15-8-3-1-4-9-15)17-12-7-13-20(14-17)19(22)16-10-5-2-6-11-16/h1-6,8-11,17-18,21H,7,12-14H2/t17?,18-/m1/s1. The highest BCUT2D eigenvalue weighted by molar-refractivity contribution is 5.94. The van der Waals surface area contributed by atoms with Crippen LogP contribution in [0, 0.1) is 5.92 Å². The minimum atomic E-state index is -0.507. The zero-order valence-corrected chi connectivity index (χ0v) is 12.6. The van der Waals surface area contributed by atoms with Crippen molar-refractivity contribution >= 4 is 5.91 Å². The topological polar surface area (TPSA) is 40.5 Å². The van der Waals surface area contributed by atoms with Crippen molar-refractivity contribution in [3.63, 3.8) is 0 Å². The van der Waals surface area contributed by atoms with Gasteiger partial charge in [-0.1, -0.05) is 48.5 Å². The molecule has 0 radical (unpaired) electrons. The molecule has 1 aliphatic heterocycles. The highest BCUT2D eigenvalue weighted by Crippen LogP contribution is 2.30. The molecular formula is C19H21NO2. The minimum Gasteiger partial charge on any atom is -0.388 e. The fourth-order valence-corrected chi connectivity index (χ4v) is 3.14. The van der Waals surface area contributed by atoms with Gasteiger partial charge in [0.1, 0.15) is 0 Å². The molecule has 2 aromatic rings. The average Bonchev–Trinajstić information content (AvgIpc) is 2.62. The Morgan fingerprint density at radius 1 is 1.05 bits per heavy atom. The van der Waals surface area contributed by atoms with Crippen LogP contribution in [0.4, 0.5) is 0 Å². The van der Waals surface area contributed by atoms with Crippen molar-refractivity contribution < 1.29 is 9.90 Å². The summed E-state index contributed by atoms with van der Waals surface area (Å²) in [5.41, 5.74) is 1.65. The normalized spacial score (nSPS) is 19.7. The minimum absolute atomic E-state index is 0.0607. The number of aliphatic hydroxyl groups excluding tert-OH is 1. The summed E-state index contributed by atoms with van der Waals surface area (Å²) in [4.78, 5) is 14.4. The first-order valence-electron chi connectivity index (χ1n) is 7.83. The molecule has 0 spiro atoms. The summed E-state index contributed by atoms with van der Waals surface area (Å²) in [6.07, 6.45) is 1.38. The molecule has 2 atom stereocenters. The molecule has 1 N–H and O–H groups in total. The number of carbonyl (C=O) groups is 1. The van der Waals surface area contributed by atoms with E-state index in [1.165, 1.54) is 0 Å². The van der Waals surface area contributed by atoms with E-state index in [9.17, 15) is 9.90 Å². The molecule has 1 aliphatic rings. The number of carbonyl (C=O) groups excluding carboxylic acids is 1. The van der Waals surface area contributed by atoms with Crippen LogP contribution in [0.25, 0.3) is 0 Å². The summed E-state index contributed by atoms with van der Waals surface area (Å²) in [5.74, 6) is 0.161. The Bertz CT molecular complexity index is 612. The predicted molar refractivity (Wildman–Crippen MR) is 86.5 cm³/mol. The van der Waals surface area contributed by atoms with Crippen LogP contribution in [0.15, 0.2) is 60.7 Å². The first-order chi connectivity index (χ1) is 10.8. The van der Waals surface area contributed by atoms with Gasteiger partial charge in [0.05, 0.1) is 6.10 Å². The lowest BCUT2D eigenvalue weighted by molar-refractivity contribution is 0.0401. The Balaban J connectivity index is 1.70. The number of benzene rings is 2. The lowest BCUT2D eigenvalue weighted by Crippen LogP contribution is -2.41. The van der Waals surface area contributed by atoms with E-state index in [0.29, 0.717) is 6.54 Å². The Kier molecular flexibility index (Phi) is 4.54. The number of likely N-dealkylation sites (tertiary alicyclic amines) is 1. The number of nitrogens with zero attached hydrogens (tertiary/aromatic N) is 1. The maximum atomic E-state index is 12.5. The lowest BCUT2D eigenvalue weighted by Gasteiger charge is -2.35. The van der Waals surface area contributed by atoms with E-state index < -0.39 is 6.10 Å². The summed E-state index contributed by atoms with van der Waals surface area (Å²) in [6.45, 7) is 1.38. The van der Waals surface area contributed by atoms with Gasteiger partial charge < -0.3 is 10.0 Å². The highest BCUT2D eigenvalue weighted by atomic mass is 16.3. The number of hydrogen-bond donors (Lipinski definition) is 1. The molecule has 114 valence electrons. The lowest BCUT2D eigenvalue weighted by atomic mass is 9.88. The summed E-state index contributed by atoms with van der Waals surface area (Å²) in [7, 11) is 0. The van der Waals surface area contributed by atoms with Crippen molar-refractivity contribution in [1.29, 1.82) is 0 Å². The maximum Gasteiger partial charge on any atom is 0.253 e. The van der Waals surface area contributed by atoms with Gasteiger partial charge in [-0.05, 0) is 30.5 Å². The second-order valence-corrected chi connectivity index (χ2v) is 5.88. The molecule has 0 aliphatic carbocycles. The van der Waals surface area contributed by atoms with Gasteiger partial charge in [0.2, 0.25) is 0 Å². The molecule has 1 unspecified atom stereocenters. The van der Waals surface area contributed by atoms with Crippen molar-refractivity contribution in [3.8, 4) is 0 Å². The monoisotopic (exact) mass is 295 g/mol. The van der Waals surface area contributed by atoms with Crippen molar-refractivity contribution in [3.05, 3.63) is 71.8 Å². The molecular weight excluding hydrogens is 274 g/mol. The number of rotatable bonds is 3. The Hall–Kier alpha value is -2.13. The van der Waals surface area contributed by atoms with Crippen LogP contribution < -0.4 is 0 Å². The van der Waals surface area contributed by atoms with E-state index in [1.54, 1.807) is 0 Å². The molecule has 22 heavy (non-hydrogen) atoms. The number of aliphatic hydroxyl groups is 1. The molecule has 0 bridgehead atoms. The maximum absolute atomic E-state index is 12.5. The van der Waals surface area contributed by atoms with E-state index >= 15 is 0 Å². The fraction of sp³-hybridized carbons (Fsp3) is 0.316. The van der Waals surface area contributed by atoms with Crippen LogP contribution >= 0.6 is 0 Å². The third-order valence-corrected chi connectivity index (χ3v) is 4.35. The van der Waals surface area contributed by atoms with E-state index in [4.69, 9.17) is 0 Å². The Labute approximate surface area is 131 Å². The van der Waals surface area contributed by atoms with Crippen LogP contribution in [-0.4, -0.2) is 29.0 Å². The Morgan fingerprint density at radius 3 is 2.36 bits per heavy atom. The molecule has 2 aromatic carbocycles. The molecule has 1 saturated heterocycles. The van der Waals surface area contributed by atoms with Crippen molar-refractivity contribution in [2.75, 3.05) is 13.1 Å². The van der Waals surface area contributed by atoms with Crippen LogP contribution in [0.2, 0.25) is 0 Å². The summed E-state index contributed by atoms with van der Waals surface area (Å²) in [6, 6.07) is 19.1. The Morgan fingerprint density at radius 2 is 1.68 bits per heavy atom. The molecule has 1 fully saturated rings. The van der Waals surface area contributed by atoms with Crippen LogP contribution in [0.1, 0.15) is 34.9 Å². The van der Waals surface area contributed by atoms with Gasteiger partial charge in [-0.25, -0.2) is 0 Å². The largest absolute Gasteiger partial charge is 0.388 e. The van der Waals surface area contributed by atoms with Crippen LogP contribution in [0.5, 0.6) is 0 Å². The second-order valence-electron chi connectivity index (χ2n) is 5.88. The predicted octanol–water partition coefficient (Wildman–Crippen LogP) is 3.27. The van der Waals surface area contributed by atoms with Gasteiger partial charge in [0.25, 0.3) is 5.91 Å². The SMILES string of the molecule is O=C(c1ccccc1)N1CCCC([C@H](O)c2ccccc2)C1. The van der Waals surface area contributed by atoms with Gasteiger partial charge in [-0.3, -0.25) is 4.79 Å². The van der Waals surface area contributed by atoms with E-state index in [-0.39, 0.29) is 11.8 Å². The van der Waals surface area contributed by atoms with Gasteiger partial charge in [0.15, 0.2) is 0 Å². The number of amides is 1. The van der Waals surface area contributed by atoms with E-state index in [2.05, 4.69) is 0 Å². The van der Waals surface area contributed by atoms with Crippen molar-refractivity contribution in [1.82, 2.24) is 4.90 Å². The summed E-state index contributed by atoms with van der Waals surface area (Å²) < 4.78 is 0. The van der Waals surface area contributed by atoms with Crippen molar-refractivity contribution in [2.24, 2.45) is 5.92 Å². The smallest absolute Gasteiger partial charge is 0.253 e. The average molecular weight is 295 g/mol. The van der Waals surface area contributed by atoms with Gasteiger partial charge in [0, 0.05) is 24.6 Å². The molecule has 1 heterocycles. The third kappa shape index (κ3) is 3.20. The molecule has 3 rings (SSSR count). The van der Waals surface area contributed by atoms with Gasteiger partial charge >= 0.3 is 0 Å². The van der Waals surface area contributed by atoms with E-state index in [1.807, 2.05) is 65.6 Å². The second kappa shape index (κ2) is 6.75. The van der Waals surface area contributed by atoms with Crippen molar-refractivity contribution in [2.45, 2.75) is 18.9 Å². The van der Waals surface area contributed by atoms with Gasteiger partial charge in [-0.2, -0.15) is 0 Å². The molecule has 0 aromatic heterocycles. The zero-order chi connectivity index (χ0) is 15.4. The number of piperidine rings is 1. The molecule has 1 amide bonds. The van der Waals surface area contributed by atoms with E-state index in [0.717, 1.165) is 30.5 Å². The molecule has 3 heteroatoms. The first-order valence-corrected chi connectivity index (χ1v) is 7.83. The van der Waals surface area contributed by atoms with Crippen LogP contribution in [0.3, 0.4) is 0 Å². The third-order valence-electron chi connectivity index (χ3n) is 4.35. The summed E-state index contributed by atoms with van der Waals surface area (Å²) >= 11 is 0. The zero-order valence-electron chi connectivity index (χ0n) is 12.6. The fourth-order valence-electron chi connectivity index (χ4n) is 3.14. The highest BCUT2D eigenvalue weighted by Gasteiger charge is 2.29. The van der Waals surface area contributed by atoms with Gasteiger partial charge in [-0.15, -0.1) is 0 Å². The molecule has 3 nitrogen and oxygen atoms in total. The molecule has 0 saturated carbocycles. The first kappa shape index (κ1) is 14.8.